The maximum atomic E-state index is 12.8. The molecule has 1 atom stereocenters. The van der Waals surface area contributed by atoms with Gasteiger partial charge in [0.1, 0.15) is 13.2 Å². The summed E-state index contributed by atoms with van der Waals surface area (Å²) in [5.41, 5.74) is 0. The molecule has 0 aliphatic heterocycles. The van der Waals surface area contributed by atoms with Crippen LogP contribution in [0.3, 0.4) is 0 Å². The molecule has 67 heavy (non-hydrogen) atoms. The molecule has 0 radical (unpaired) electrons. The molecule has 0 aliphatic carbocycles. The number of allylic oxidation sites excluding steroid dienone is 18. The number of rotatable bonds is 48. The fourth-order valence-corrected chi connectivity index (χ4v) is 7.13. The molecule has 0 unspecified atom stereocenters. The van der Waals surface area contributed by atoms with Crippen LogP contribution in [0.5, 0.6) is 0 Å². The maximum Gasteiger partial charge on any atom is 0.306 e. The van der Waals surface area contributed by atoms with Gasteiger partial charge in [-0.15, -0.1) is 0 Å². The standard InChI is InChI=1S/C61H100O6/c1-4-7-10-13-16-19-22-25-28-30-33-35-38-41-44-47-50-53-59(62)65-56-58(67-61(64)55-52-49-46-43-40-37-32-27-24-21-18-15-12-9-6-3)57-66-60(63)54-51-48-45-42-39-36-34-31-29-26-23-20-17-14-11-8-5-2/h7,10,16,18-19,21,25-29,32-36,42,45,58H,4-6,8-9,11-15,17,20,22-24,30-31,37-41,43-44,46-57H2,1-3H3/b10-7-,19-16-,21-18-,28-25-,29-26-,32-27-,35-33-,36-34-,45-42-/t58-/m1/s1. The molecule has 6 heteroatoms. The summed E-state index contributed by atoms with van der Waals surface area (Å²) in [6.07, 6.45) is 73.6. The predicted molar refractivity (Wildman–Crippen MR) is 288 cm³/mol. The van der Waals surface area contributed by atoms with Gasteiger partial charge in [0.25, 0.3) is 0 Å². The molecule has 0 rings (SSSR count). The Morgan fingerprint density at radius 3 is 1.00 bits per heavy atom. The summed E-state index contributed by atoms with van der Waals surface area (Å²) in [5, 5.41) is 0. The first kappa shape index (κ1) is 63.1. The van der Waals surface area contributed by atoms with Gasteiger partial charge in [-0.05, 0) is 122 Å². The second-order valence-electron chi connectivity index (χ2n) is 17.7. The molecule has 0 aromatic heterocycles. The SMILES string of the molecule is CC/C=C\C/C=C\C/C=C\C/C=C\CCCCCCC(=O)OC[C@H](COC(=O)CCC/C=C\C/C=C\C/C=C\CCCCCCCC)OC(=O)CCCCCCC/C=C\C/C=C\CCCCC. The van der Waals surface area contributed by atoms with E-state index in [-0.39, 0.29) is 37.5 Å². The molecular weight excluding hydrogens is 829 g/mol. The summed E-state index contributed by atoms with van der Waals surface area (Å²) in [6.45, 7) is 6.41. The van der Waals surface area contributed by atoms with E-state index in [0.29, 0.717) is 19.3 Å². The number of carbonyl (C=O) groups is 3. The monoisotopic (exact) mass is 929 g/mol. The van der Waals surface area contributed by atoms with E-state index in [1.807, 2.05) is 0 Å². The minimum atomic E-state index is -0.818. The minimum absolute atomic E-state index is 0.114. The molecule has 0 fully saturated rings. The van der Waals surface area contributed by atoms with Crippen LogP contribution in [0.4, 0.5) is 0 Å². The van der Waals surface area contributed by atoms with Crippen molar-refractivity contribution in [1.82, 2.24) is 0 Å². The molecule has 0 saturated carbocycles. The van der Waals surface area contributed by atoms with Gasteiger partial charge in [-0.1, -0.05) is 207 Å². The molecule has 0 saturated heterocycles. The summed E-state index contributed by atoms with van der Waals surface area (Å²) < 4.78 is 16.8. The van der Waals surface area contributed by atoms with Crippen molar-refractivity contribution in [2.45, 2.75) is 245 Å². The van der Waals surface area contributed by atoms with Gasteiger partial charge in [-0.3, -0.25) is 14.4 Å². The molecule has 0 aromatic carbocycles. The quantitative estimate of drug-likeness (QED) is 0.0262. The van der Waals surface area contributed by atoms with E-state index in [1.165, 1.54) is 70.6 Å². The lowest BCUT2D eigenvalue weighted by Gasteiger charge is -2.18. The Kier molecular flexibility index (Phi) is 51.5. The van der Waals surface area contributed by atoms with Crippen LogP contribution < -0.4 is 0 Å². The zero-order valence-electron chi connectivity index (χ0n) is 43.4. The van der Waals surface area contributed by atoms with E-state index < -0.39 is 6.10 Å². The molecule has 0 heterocycles. The van der Waals surface area contributed by atoms with Crippen molar-refractivity contribution < 1.29 is 28.6 Å². The average Bonchev–Trinajstić information content (AvgIpc) is 3.33. The smallest absolute Gasteiger partial charge is 0.306 e. The highest BCUT2D eigenvalue weighted by molar-refractivity contribution is 5.71. The van der Waals surface area contributed by atoms with Crippen molar-refractivity contribution in [3.05, 3.63) is 109 Å². The maximum absolute atomic E-state index is 12.8. The van der Waals surface area contributed by atoms with E-state index in [9.17, 15) is 14.4 Å². The molecule has 380 valence electrons. The van der Waals surface area contributed by atoms with E-state index >= 15 is 0 Å². The molecule has 6 nitrogen and oxygen atoms in total. The van der Waals surface area contributed by atoms with E-state index in [0.717, 1.165) is 122 Å². The number of unbranched alkanes of at least 4 members (excludes halogenated alkanes) is 19. The second kappa shape index (κ2) is 54.7. The number of hydrogen-bond donors (Lipinski definition) is 0. The lowest BCUT2D eigenvalue weighted by Crippen LogP contribution is -2.30. The normalized spacial score (nSPS) is 12.9. The molecule has 0 N–H and O–H groups in total. The molecule has 0 spiro atoms. The van der Waals surface area contributed by atoms with Gasteiger partial charge < -0.3 is 14.2 Å². The van der Waals surface area contributed by atoms with Gasteiger partial charge in [-0.2, -0.15) is 0 Å². The lowest BCUT2D eigenvalue weighted by molar-refractivity contribution is -0.167. The molecule has 0 aliphatic rings. The van der Waals surface area contributed by atoms with Gasteiger partial charge in [-0.25, -0.2) is 0 Å². The summed E-state index contributed by atoms with van der Waals surface area (Å²) in [6, 6.07) is 0. The Hall–Kier alpha value is -3.93. The zero-order chi connectivity index (χ0) is 48.6. The fraction of sp³-hybridized carbons (Fsp3) is 0.656. The Balaban J connectivity index is 4.54. The van der Waals surface area contributed by atoms with Gasteiger partial charge in [0.2, 0.25) is 0 Å². The number of esters is 3. The first-order chi connectivity index (χ1) is 33.0. The largest absolute Gasteiger partial charge is 0.462 e. The number of ether oxygens (including phenoxy) is 3. The third kappa shape index (κ3) is 52.9. The van der Waals surface area contributed by atoms with Gasteiger partial charge >= 0.3 is 17.9 Å². The zero-order valence-corrected chi connectivity index (χ0v) is 43.4. The third-order valence-corrected chi connectivity index (χ3v) is 11.2. The minimum Gasteiger partial charge on any atom is -0.462 e. The van der Waals surface area contributed by atoms with Crippen molar-refractivity contribution >= 4 is 17.9 Å². The predicted octanol–water partition coefficient (Wildman–Crippen LogP) is 18.3. The molecule has 0 bridgehead atoms. The Morgan fingerprint density at radius 1 is 0.313 bits per heavy atom. The number of hydrogen-bond acceptors (Lipinski definition) is 6. The molecule has 0 aromatic rings. The van der Waals surface area contributed by atoms with Crippen molar-refractivity contribution in [3.8, 4) is 0 Å². The van der Waals surface area contributed by atoms with Crippen LogP contribution in [-0.2, 0) is 28.6 Å². The van der Waals surface area contributed by atoms with Crippen molar-refractivity contribution in [2.24, 2.45) is 0 Å². The Morgan fingerprint density at radius 2 is 0.597 bits per heavy atom. The van der Waals surface area contributed by atoms with E-state index in [1.54, 1.807) is 0 Å². The van der Waals surface area contributed by atoms with Gasteiger partial charge in [0, 0.05) is 19.3 Å². The number of carbonyl (C=O) groups excluding carboxylic acids is 3. The van der Waals surface area contributed by atoms with Crippen LogP contribution in [0.1, 0.15) is 239 Å². The van der Waals surface area contributed by atoms with Crippen molar-refractivity contribution in [1.29, 1.82) is 0 Å². The topological polar surface area (TPSA) is 78.9 Å². The molecular formula is C61H100O6. The summed E-state index contributed by atoms with van der Waals surface area (Å²) in [7, 11) is 0. The third-order valence-electron chi connectivity index (χ3n) is 11.2. The van der Waals surface area contributed by atoms with Gasteiger partial charge in [0.05, 0.1) is 0 Å². The lowest BCUT2D eigenvalue weighted by atomic mass is 10.1. The first-order valence-corrected chi connectivity index (χ1v) is 27.4. The average molecular weight is 929 g/mol. The van der Waals surface area contributed by atoms with Crippen LogP contribution in [0.25, 0.3) is 0 Å². The highest BCUT2D eigenvalue weighted by Crippen LogP contribution is 2.13. The van der Waals surface area contributed by atoms with E-state index in [4.69, 9.17) is 14.2 Å². The fourth-order valence-electron chi connectivity index (χ4n) is 7.13. The summed E-state index contributed by atoms with van der Waals surface area (Å²) in [4.78, 5) is 38.1. The van der Waals surface area contributed by atoms with Crippen LogP contribution in [0, 0.1) is 0 Å². The summed E-state index contributed by atoms with van der Waals surface area (Å²) >= 11 is 0. The molecule has 0 amide bonds. The van der Waals surface area contributed by atoms with Crippen LogP contribution in [-0.4, -0.2) is 37.2 Å². The highest BCUT2D eigenvalue weighted by atomic mass is 16.6. The van der Waals surface area contributed by atoms with Crippen molar-refractivity contribution in [2.75, 3.05) is 13.2 Å². The van der Waals surface area contributed by atoms with Gasteiger partial charge in [0.15, 0.2) is 6.10 Å². The Bertz CT molecular complexity index is 1390. The van der Waals surface area contributed by atoms with E-state index in [2.05, 4.69) is 130 Å². The van der Waals surface area contributed by atoms with Crippen LogP contribution in [0.15, 0.2) is 109 Å². The second-order valence-corrected chi connectivity index (χ2v) is 17.7. The van der Waals surface area contributed by atoms with Crippen molar-refractivity contribution in [3.63, 3.8) is 0 Å². The first-order valence-electron chi connectivity index (χ1n) is 27.4. The van der Waals surface area contributed by atoms with Crippen LogP contribution in [0.2, 0.25) is 0 Å². The summed E-state index contributed by atoms with van der Waals surface area (Å²) in [5.74, 6) is -1.01. The van der Waals surface area contributed by atoms with Crippen LogP contribution >= 0.6 is 0 Å². The Labute approximate surface area is 412 Å². The highest BCUT2D eigenvalue weighted by Gasteiger charge is 2.19.